The Kier molecular flexibility index (Phi) is 4.58. The second-order valence-corrected chi connectivity index (χ2v) is 2.94. The number of Topliss-reactive ketones (excluding diaryl/α,β-unsaturated/α-hetero) is 1. The normalized spacial score (nSPS) is 11.5. The Morgan fingerprint density at radius 2 is 1.92 bits per heavy atom. The van der Waals surface area contributed by atoms with Gasteiger partial charge in [-0.3, -0.25) is 4.79 Å². The third kappa shape index (κ3) is 4.84. The van der Waals surface area contributed by atoms with Gasteiger partial charge in [0.25, 0.3) is 0 Å². The molecule has 0 atom stereocenters. The Hall–Kier alpha value is -1.52. The predicted octanol–water partition coefficient (Wildman–Crippen LogP) is -0.672. The third-order valence-corrected chi connectivity index (χ3v) is 1.39. The van der Waals surface area contributed by atoms with Gasteiger partial charge < -0.3 is 17.2 Å². The minimum Gasteiger partial charge on any atom is -0.396 e. The second kappa shape index (κ2) is 5.18. The van der Waals surface area contributed by atoms with E-state index < -0.39 is 0 Å². The lowest BCUT2D eigenvalue weighted by Crippen LogP contribution is -2.23. The van der Waals surface area contributed by atoms with E-state index in [1.165, 1.54) is 6.08 Å². The Balaban J connectivity index is 4.18. The van der Waals surface area contributed by atoms with Gasteiger partial charge in [-0.25, -0.2) is 4.99 Å². The number of allylic oxidation sites excluding steroid dienone is 1. The maximum atomic E-state index is 11.2. The van der Waals surface area contributed by atoms with Crippen molar-refractivity contribution >= 4 is 11.7 Å². The van der Waals surface area contributed by atoms with Gasteiger partial charge >= 0.3 is 0 Å². The fourth-order valence-electron chi connectivity index (χ4n) is 0.683. The molecule has 0 aliphatic heterocycles. The van der Waals surface area contributed by atoms with E-state index in [0.717, 1.165) is 0 Å². The van der Waals surface area contributed by atoms with Crippen LogP contribution in [0.4, 0.5) is 0 Å². The van der Waals surface area contributed by atoms with Crippen LogP contribution in [0.2, 0.25) is 0 Å². The Morgan fingerprint density at radius 3 is 2.31 bits per heavy atom. The number of nitrogens with two attached hydrogens (primary N) is 3. The zero-order valence-corrected chi connectivity index (χ0v) is 7.95. The van der Waals surface area contributed by atoms with Crippen LogP contribution < -0.4 is 17.2 Å². The van der Waals surface area contributed by atoms with Gasteiger partial charge in [0, 0.05) is 5.92 Å². The number of hydrogen-bond donors (Lipinski definition) is 3. The molecule has 0 spiro atoms. The van der Waals surface area contributed by atoms with E-state index in [2.05, 4.69) is 4.99 Å². The smallest absolute Gasteiger partial charge is 0.186 e. The zero-order valence-electron chi connectivity index (χ0n) is 7.95. The molecule has 5 heteroatoms. The van der Waals surface area contributed by atoms with Crippen molar-refractivity contribution in [1.29, 1.82) is 0 Å². The first kappa shape index (κ1) is 11.5. The maximum Gasteiger partial charge on any atom is 0.186 e. The summed E-state index contributed by atoms with van der Waals surface area (Å²) in [6.07, 6.45) is 1.50. The Labute approximate surface area is 77.7 Å². The highest BCUT2D eigenvalue weighted by Gasteiger charge is 2.08. The molecule has 0 rings (SSSR count). The van der Waals surface area contributed by atoms with Gasteiger partial charge in [-0.05, 0) is 6.08 Å². The molecule has 0 unspecified atom stereocenters. The highest BCUT2D eigenvalue weighted by atomic mass is 16.1. The number of nitrogens with zero attached hydrogens (tertiary/aromatic N) is 1. The van der Waals surface area contributed by atoms with Gasteiger partial charge in [0.2, 0.25) is 0 Å². The molecule has 13 heavy (non-hydrogen) atoms. The van der Waals surface area contributed by atoms with Crippen LogP contribution >= 0.6 is 0 Å². The number of ketones is 1. The molecule has 0 aliphatic carbocycles. The maximum absolute atomic E-state index is 11.2. The first-order chi connectivity index (χ1) is 5.95. The molecule has 5 nitrogen and oxygen atoms in total. The van der Waals surface area contributed by atoms with E-state index in [9.17, 15) is 4.79 Å². The molecular weight excluding hydrogens is 168 g/mol. The van der Waals surface area contributed by atoms with E-state index >= 15 is 0 Å². The summed E-state index contributed by atoms with van der Waals surface area (Å²) in [5.74, 6) is -0.206. The fraction of sp³-hybridized carbons (Fsp3) is 0.500. The van der Waals surface area contributed by atoms with Crippen molar-refractivity contribution in [2.45, 2.75) is 13.8 Å². The van der Waals surface area contributed by atoms with E-state index in [-0.39, 0.29) is 29.9 Å². The van der Waals surface area contributed by atoms with Gasteiger partial charge in [0.1, 0.15) is 0 Å². The summed E-state index contributed by atoms with van der Waals surface area (Å²) >= 11 is 0. The van der Waals surface area contributed by atoms with Crippen molar-refractivity contribution in [3.8, 4) is 0 Å². The van der Waals surface area contributed by atoms with Crippen molar-refractivity contribution in [3.05, 3.63) is 11.8 Å². The second-order valence-electron chi connectivity index (χ2n) is 2.94. The van der Waals surface area contributed by atoms with Crippen LogP contribution in [0.15, 0.2) is 16.8 Å². The van der Waals surface area contributed by atoms with Gasteiger partial charge in [-0.2, -0.15) is 0 Å². The molecule has 0 saturated heterocycles. The van der Waals surface area contributed by atoms with Crippen molar-refractivity contribution < 1.29 is 4.79 Å². The number of carbonyl (C=O) groups is 1. The summed E-state index contributed by atoms with van der Waals surface area (Å²) in [6.45, 7) is 3.81. The summed E-state index contributed by atoms with van der Waals surface area (Å²) < 4.78 is 0. The molecule has 0 radical (unpaired) electrons. The molecule has 0 fully saturated rings. The summed E-state index contributed by atoms with van der Waals surface area (Å²) in [5.41, 5.74) is 15.8. The minimum absolute atomic E-state index is 0.0129. The molecule has 0 bridgehead atoms. The topological polar surface area (TPSA) is 107 Å². The predicted molar refractivity (Wildman–Crippen MR) is 52.8 cm³/mol. The number of hydrogen-bond acceptors (Lipinski definition) is 3. The Morgan fingerprint density at radius 1 is 1.38 bits per heavy atom. The largest absolute Gasteiger partial charge is 0.396 e. The highest BCUT2D eigenvalue weighted by molar-refractivity contribution is 5.95. The van der Waals surface area contributed by atoms with E-state index in [1.54, 1.807) is 13.8 Å². The molecule has 6 N–H and O–H groups in total. The van der Waals surface area contributed by atoms with Crippen LogP contribution in [0.1, 0.15) is 13.8 Å². The van der Waals surface area contributed by atoms with Gasteiger partial charge in [0.05, 0.1) is 12.2 Å². The average molecular weight is 184 g/mol. The molecule has 0 aromatic carbocycles. The molecular formula is C8H16N4O. The van der Waals surface area contributed by atoms with Crippen LogP contribution in [-0.4, -0.2) is 18.3 Å². The van der Waals surface area contributed by atoms with Crippen LogP contribution in [0.3, 0.4) is 0 Å². The van der Waals surface area contributed by atoms with E-state index in [0.29, 0.717) is 0 Å². The lowest BCUT2D eigenvalue weighted by molar-refractivity contribution is -0.118. The van der Waals surface area contributed by atoms with Crippen LogP contribution in [-0.2, 0) is 4.79 Å². The van der Waals surface area contributed by atoms with Gasteiger partial charge in [0.15, 0.2) is 11.7 Å². The number of rotatable bonds is 4. The zero-order chi connectivity index (χ0) is 10.4. The standard InChI is InChI=1S/C8H16N4O/c1-5(2)7(13)6(9)3-4-12-8(10)11/h3,5H,4,9H2,1-2H3,(H4,10,11,12)/b6-3+. The van der Waals surface area contributed by atoms with Crippen LogP contribution in [0, 0.1) is 5.92 Å². The molecule has 0 aliphatic rings. The molecule has 0 heterocycles. The molecule has 0 aromatic rings. The first-order valence-corrected chi connectivity index (χ1v) is 4.00. The van der Waals surface area contributed by atoms with E-state index in [1.807, 2.05) is 0 Å². The fourth-order valence-corrected chi connectivity index (χ4v) is 0.683. The molecule has 0 saturated carbocycles. The van der Waals surface area contributed by atoms with Crippen molar-refractivity contribution in [2.75, 3.05) is 6.54 Å². The monoisotopic (exact) mass is 184 g/mol. The number of aliphatic imine (C=N–C) groups is 1. The number of guanidine groups is 1. The third-order valence-electron chi connectivity index (χ3n) is 1.39. The van der Waals surface area contributed by atoms with Crippen molar-refractivity contribution in [2.24, 2.45) is 28.1 Å². The van der Waals surface area contributed by atoms with Crippen LogP contribution in [0.5, 0.6) is 0 Å². The lowest BCUT2D eigenvalue weighted by atomic mass is 10.1. The highest BCUT2D eigenvalue weighted by Crippen LogP contribution is 1.99. The summed E-state index contributed by atoms with van der Waals surface area (Å²) in [4.78, 5) is 14.9. The summed E-state index contributed by atoms with van der Waals surface area (Å²) in [7, 11) is 0. The minimum atomic E-state index is -0.101. The van der Waals surface area contributed by atoms with Gasteiger partial charge in [-0.15, -0.1) is 0 Å². The first-order valence-electron chi connectivity index (χ1n) is 4.00. The number of carbonyl (C=O) groups excluding carboxylic acids is 1. The Bertz CT molecular complexity index is 239. The van der Waals surface area contributed by atoms with Crippen LogP contribution in [0.25, 0.3) is 0 Å². The molecule has 0 aromatic heterocycles. The molecule has 0 amide bonds. The quantitative estimate of drug-likeness (QED) is 0.306. The van der Waals surface area contributed by atoms with Crippen molar-refractivity contribution in [3.63, 3.8) is 0 Å². The molecule has 74 valence electrons. The van der Waals surface area contributed by atoms with Crippen molar-refractivity contribution in [1.82, 2.24) is 0 Å². The lowest BCUT2D eigenvalue weighted by Gasteiger charge is -2.02. The van der Waals surface area contributed by atoms with E-state index in [4.69, 9.17) is 17.2 Å². The average Bonchev–Trinajstić information content (AvgIpc) is 2.02. The summed E-state index contributed by atoms with van der Waals surface area (Å²) in [6, 6.07) is 0. The SMILES string of the molecule is CC(C)C(=O)/C(N)=C\CN=C(N)N. The summed E-state index contributed by atoms with van der Waals surface area (Å²) in [5, 5.41) is 0. The van der Waals surface area contributed by atoms with Gasteiger partial charge in [-0.1, -0.05) is 13.8 Å².